The van der Waals surface area contributed by atoms with E-state index in [2.05, 4.69) is 9.97 Å². The van der Waals surface area contributed by atoms with Crippen LogP contribution in [-0.4, -0.2) is 34.9 Å². The minimum atomic E-state index is -0.140. The molecule has 4 nitrogen and oxygen atoms in total. The molecule has 4 heteroatoms. The van der Waals surface area contributed by atoms with Gasteiger partial charge in [-0.1, -0.05) is 6.92 Å². The van der Waals surface area contributed by atoms with Crippen molar-refractivity contribution in [1.29, 1.82) is 0 Å². The molecule has 78 valence electrons. The van der Waals surface area contributed by atoms with Crippen LogP contribution in [0.25, 0.3) is 0 Å². The molecule has 0 saturated carbocycles. The minimum Gasteiger partial charge on any atom is -0.394 e. The Hall–Kier alpha value is -1.00. The summed E-state index contributed by atoms with van der Waals surface area (Å²) in [6.07, 6.45) is 4.02. The van der Waals surface area contributed by atoms with Crippen LogP contribution in [0.5, 0.6) is 0 Å². The maximum Gasteiger partial charge on any atom is 0.128 e. The Bertz CT molecular complexity index is 250. The SMILES string of the molecule is CO[C@H](CO)[C@H](C)Cc1ncccn1. The Balaban J connectivity index is 2.52. The number of aromatic nitrogens is 2. The predicted molar refractivity (Wildman–Crippen MR) is 52.8 cm³/mol. The molecule has 0 radical (unpaired) electrons. The maximum atomic E-state index is 9.01. The first-order valence-corrected chi connectivity index (χ1v) is 4.67. The Morgan fingerprint density at radius 2 is 2.07 bits per heavy atom. The van der Waals surface area contributed by atoms with E-state index in [4.69, 9.17) is 9.84 Å². The fourth-order valence-electron chi connectivity index (χ4n) is 1.34. The summed E-state index contributed by atoms with van der Waals surface area (Å²) in [6.45, 7) is 2.05. The topological polar surface area (TPSA) is 55.2 Å². The van der Waals surface area contributed by atoms with E-state index in [0.717, 1.165) is 12.2 Å². The quantitative estimate of drug-likeness (QED) is 0.751. The number of rotatable bonds is 5. The normalized spacial score (nSPS) is 15.1. The second-order valence-corrected chi connectivity index (χ2v) is 3.30. The van der Waals surface area contributed by atoms with E-state index < -0.39 is 0 Å². The molecule has 0 aromatic carbocycles. The Morgan fingerprint density at radius 1 is 1.43 bits per heavy atom. The molecule has 1 aromatic heterocycles. The highest BCUT2D eigenvalue weighted by atomic mass is 16.5. The third-order valence-electron chi connectivity index (χ3n) is 2.24. The van der Waals surface area contributed by atoms with Crippen LogP contribution < -0.4 is 0 Å². The Morgan fingerprint density at radius 3 is 2.57 bits per heavy atom. The molecule has 0 bridgehead atoms. The lowest BCUT2D eigenvalue weighted by molar-refractivity contribution is 0.0124. The van der Waals surface area contributed by atoms with Gasteiger partial charge in [0.05, 0.1) is 12.7 Å². The Labute approximate surface area is 84.0 Å². The molecule has 0 saturated heterocycles. The average molecular weight is 196 g/mol. The van der Waals surface area contributed by atoms with E-state index in [1.165, 1.54) is 0 Å². The minimum absolute atomic E-state index is 0.0322. The highest BCUT2D eigenvalue weighted by Gasteiger charge is 2.16. The van der Waals surface area contributed by atoms with Gasteiger partial charge in [-0.25, -0.2) is 9.97 Å². The average Bonchev–Trinajstić information content (AvgIpc) is 2.21. The van der Waals surface area contributed by atoms with Crippen LogP contribution in [0.2, 0.25) is 0 Å². The number of hydrogen-bond acceptors (Lipinski definition) is 4. The fraction of sp³-hybridized carbons (Fsp3) is 0.600. The summed E-state index contributed by atoms with van der Waals surface area (Å²) in [5, 5.41) is 9.01. The molecule has 1 rings (SSSR count). The van der Waals surface area contributed by atoms with Crippen molar-refractivity contribution >= 4 is 0 Å². The molecule has 1 N–H and O–H groups in total. The molecular formula is C10H16N2O2. The van der Waals surface area contributed by atoms with E-state index in [0.29, 0.717) is 0 Å². The van der Waals surface area contributed by atoms with Gasteiger partial charge in [0, 0.05) is 25.9 Å². The number of aliphatic hydroxyl groups excluding tert-OH is 1. The molecule has 0 amide bonds. The molecule has 0 spiro atoms. The molecular weight excluding hydrogens is 180 g/mol. The molecule has 0 unspecified atom stereocenters. The Kier molecular flexibility index (Phi) is 4.49. The van der Waals surface area contributed by atoms with Crippen molar-refractivity contribution in [2.75, 3.05) is 13.7 Å². The van der Waals surface area contributed by atoms with E-state index in [9.17, 15) is 0 Å². The number of methoxy groups -OCH3 is 1. The van der Waals surface area contributed by atoms with E-state index in [-0.39, 0.29) is 18.6 Å². The summed E-state index contributed by atoms with van der Waals surface area (Å²) in [4.78, 5) is 8.24. The van der Waals surface area contributed by atoms with Gasteiger partial charge in [-0.3, -0.25) is 0 Å². The second kappa shape index (κ2) is 5.67. The van der Waals surface area contributed by atoms with E-state index in [1.807, 2.05) is 6.92 Å². The summed E-state index contributed by atoms with van der Waals surface area (Å²) in [7, 11) is 1.60. The lowest BCUT2D eigenvalue weighted by Crippen LogP contribution is -2.26. The zero-order chi connectivity index (χ0) is 10.4. The number of aliphatic hydroxyl groups is 1. The van der Waals surface area contributed by atoms with Gasteiger partial charge < -0.3 is 9.84 Å². The summed E-state index contributed by atoms with van der Waals surface area (Å²) >= 11 is 0. The highest BCUT2D eigenvalue weighted by Crippen LogP contribution is 2.10. The van der Waals surface area contributed by atoms with Gasteiger partial charge in [0.1, 0.15) is 5.82 Å². The zero-order valence-corrected chi connectivity index (χ0v) is 8.55. The number of ether oxygens (including phenoxy) is 1. The van der Waals surface area contributed by atoms with E-state index >= 15 is 0 Å². The molecule has 0 fully saturated rings. The standard InChI is InChI=1S/C10H16N2O2/c1-8(9(7-13)14-2)6-10-11-4-3-5-12-10/h3-5,8-9,13H,6-7H2,1-2H3/t8-,9-/m1/s1. The molecule has 0 aliphatic heterocycles. The predicted octanol–water partition coefficient (Wildman–Crippen LogP) is 0.663. The molecule has 0 aliphatic carbocycles. The largest absolute Gasteiger partial charge is 0.394 e. The molecule has 1 aromatic rings. The number of hydrogen-bond donors (Lipinski definition) is 1. The van der Waals surface area contributed by atoms with Gasteiger partial charge in [0.25, 0.3) is 0 Å². The lowest BCUT2D eigenvalue weighted by Gasteiger charge is -2.19. The summed E-state index contributed by atoms with van der Waals surface area (Å²) in [5.74, 6) is 1.00. The van der Waals surface area contributed by atoms with Crippen LogP contribution in [0, 0.1) is 5.92 Å². The summed E-state index contributed by atoms with van der Waals surface area (Å²) in [6, 6.07) is 1.79. The van der Waals surface area contributed by atoms with Crippen molar-refractivity contribution < 1.29 is 9.84 Å². The van der Waals surface area contributed by atoms with Crippen LogP contribution in [0.15, 0.2) is 18.5 Å². The van der Waals surface area contributed by atoms with Crippen LogP contribution in [0.4, 0.5) is 0 Å². The van der Waals surface area contributed by atoms with Crippen LogP contribution in [0.1, 0.15) is 12.7 Å². The highest BCUT2D eigenvalue weighted by molar-refractivity contribution is 4.90. The van der Waals surface area contributed by atoms with E-state index in [1.54, 1.807) is 25.6 Å². The third kappa shape index (κ3) is 3.05. The maximum absolute atomic E-state index is 9.01. The van der Waals surface area contributed by atoms with Gasteiger partial charge >= 0.3 is 0 Å². The van der Waals surface area contributed by atoms with Crippen LogP contribution >= 0.6 is 0 Å². The van der Waals surface area contributed by atoms with Crippen LogP contribution in [-0.2, 0) is 11.2 Å². The molecule has 1 heterocycles. The van der Waals surface area contributed by atoms with Gasteiger partial charge in [0.2, 0.25) is 0 Å². The first kappa shape index (κ1) is 11.1. The fourth-order valence-corrected chi connectivity index (χ4v) is 1.34. The first-order chi connectivity index (χ1) is 6.77. The number of nitrogens with zero attached hydrogens (tertiary/aromatic N) is 2. The third-order valence-corrected chi connectivity index (χ3v) is 2.24. The monoisotopic (exact) mass is 196 g/mol. The van der Waals surface area contributed by atoms with Crippen LogP contribution in [0.3, 0.4) is 0 Å². The van der Waals surface area contributed by atoms with Crippen molar-refractivity contribution in [3.05, 3.63) is 24.3 Å². The zero-order valence-electron chi connectivity index (χ0n) is 8.55. The van der Waals surface area contributed by atoms with Gasteiger partial charge in [-0.2, -0.15) is 0 Å². The summed E-state index contributed by atoms with van der Waals surface area (Å²) in [5.41, 5.74) is 0. The van der Waals surface area contributed by atoms with Gasteiger partial charge in [-0.05, 0) is 12.0 Å². The molecule has 14 heavy (non-hydrogen) atoms. The smallest absolute Gasteiger partial charge is 0.128 e. The lowest BCUT2D eigenvalue weighted by atomic mass is 10.0. The van der Waals surface area contributed by atoms with Gasteiger partial charge in [0.15, 0.2) is 0 Å². The van der Waals surface area contributed by atoms with Crippen molar-refractivity contribution in [3.63, 3.8) is 0 Å². The van der Waals surface area contributed by atoms with Crippen molar-refractivity contribution in [3.8, 4) is 0 Å². The summed E-state index contributed by atoms with van der Waals surface area (Å²) < 4.78 is 5.13. The van der Waals surface area contributed by atoms with Crippen molar-refractivity contribution in [1.82, 2.24) is 9.97 Å². The van der Waals surface area contributed by atoms with Crippen molar-refractivity contribution in [2.45, 2.75) is 19.4 Å². The molecule has 2 atom stereocenters. The van der Waals surface area contributed by atoms with Gasteiger partial charge in [-0.15, -0.1) is 0 Å². The second-order valence-electron chi connectivity index (χ2n) is 3.30. The van der Waals surface area contributed by atoms with Crippen molar-refractivity contribution in [2.24, 2.45) is 5.92 Å². The molecule has 0 aliphatic rings. The first-order valence-electron chi connectivity index (χ1n) is 4.67.